The second kappa shape index (κ2) is 4.53. The van der Waals surface area contributed by atoms with E-state index in [9.17, 15) is 0 Å². The second-order valence-electron chi connectivity index (χ2n) is 7.24. The van der Waals surface area contributed by atoms with E-state index < -0.39 is 6.85 Å². The third-order valence-electron chi connectivity index (χ3n) is 5.76. The zero-order valence-corrected chi connectivity index (χ0v) is 14.7. The summed E-state index contributed by atoms with van der Waals surface area (Å²) >= 11 is 0. The lowest BCUT2D eigenvalue weighted by atomic mass is 10.00. The zero-order chi connectivity index (χ0) is 20.1. The van der Waals surface area contributed by atoms with E-state index in [0.717, 1.165) is 27.3 Å². The van der Waals surface area contributed by atoms with Crippen molar-refractivity contribution in [3.63, 3.8) is 0 Å². The lowest BCUT2D eigenvalue weighted by molar-refractivity contribution is -0.643. The number of aromatic nitrogens is 2. The Morgan fingerprint density at radius 1 is 0.923 bits per heavy atom. The Bertz CT molecular complexity index is 1590. The molecule has 0 aliphatic heterocycles. The topological polar surface area (TPSA) is 8.29 Å². The molecule has 2 heteroatoms. The van der Waals surface area contributed by atoms with E-state index in [1.807, 2.05) is 12.1 Å². The molecule has 0 aliphatic carbocycles. The minimum atomic E-state index is -2.12. The van der Waals surface area contributed by atoms with E-state index in [4.69, 9.17) is 4.11 Å². The van der Waals surface area contributed by atoms with Crippen LogP contribution in [0.2, 0.25) is 0 Å². The van der Waals surface area contributed by atoms with Gasteiger partial charge in [-0.25, -0.2) is 4.57 Å². The number of fused-ring (bicyclic) bond motifs is 6. The lowest BCUT2D eigenvalue weighted by Crippen LogP contribution is -2.28. The number of rotatable bonds is 0. The van der Waals surface area contributed by atoms with Crippen LogP contribution in [0.1, 0.15) is 15.2 Å². The summed E-state index contributed by atoms with van der Waals surface area (Å²) in [6.45, 7) is 0.0347. The van der Waals surface area contributed by atoms with Crippen molar-refractivity contribution in [2.75, 3.05) is 0 Å². The van der Waals surface area contributed by atoms with Gasteiger partial charge in [0.25, 0.3) is 0 Å². The first kappa shape index (κ1) is 11.5. The lowest BCUT2D eigenvalue weighted by Gasteiger charge is -2.12. The molecule has 6 rings (SSSR count). The molecule has 2 nitrogen and oxygen atoms in total. The van der Waals surface area contributed by atoms with Gasteiger partial charge in [-0.2, -0.15) is 0 Å². The quantitative estimate of drug-likeness (QED) is 0.198. The predicted molar refractivity (Wildman–Crippen MR) is 109 cm³/mol. The maximum Gasteiger partial charge on any atom is 0.224 e. The SMILES string of the molecule is [2H]C([2H])([2H])c1ccc2c(c1)c1ccc3cc[n+](C)c4c5c(C)cccc5n2c1c34. The highest BCUT2D eigenvalue weighted by Gasteiger charge is 2.23. The fraction of sp³-hybridized carbons (Fsp3) is 0.125. The molecule has 26 heavy (non-hydrogen) atoms. The highest BCUT2D eigenvalue weighted by atomic mass is 14.9. The van der Waals surface area contributed by atoms with Gasteiger partial charge in [0, 0.05) is 21.0 Å². The summed E-state index contributed by atoms with van der Waals surface area (Å²) in [6, 6.07) is 18.4. The predicted octanol–water partition coefficient (Wildman–Crippen LogP) is 5.43. The molecule has 0 radical (unpaired) electrons. The van der Waals surface area contributed by atoms with Gasteiger partial charge in [0.2, 0.25) is 5.52 Å². The molecule has 0 atom stereocenters. The summed E-state index contributed by atoms with van der Waals surface area (Å²) in [6.07, 6.45) is 2.12. The third kappa shape index (κ3) is 1.51. The number of nitrogens with zero attached hydrogens (tertiary/aromatic N) is 2. The fourth-order valence-electron chi connectivity index (χ4n) is 4.65. The standard InChI is InChI=1S/C24H19N2/c1-14-7-10-19-18(13-14)17-9-8-16-11-12-25(3)24-21-15(2)5-4-6-20(21)26(19)23(17)22(16)24/h4-13H,1-3H3/q+1/i1D3. The van der Waals surface area contributed by atoms with Gasteiger partial charge in [-0.3, -0.25) is 0 Å². The summed E-state index contributed by atoms with van der Waals surface area (Å²) in [5, 5.41) is 5.74. The van der Waals surface area contributed by atoms with Gasteiger partial charge in [-0.1, -0.05) is 35.9 Å². The minimum absolute atomic E-state index is 0.381. The Morgan fingerprint density at radius 2 is 1.85 bits per heavy atom. The Balaban J connectivity index is 2.02. The molecule has 3 aromatic carbocycles. The van der Waals surface area contributed by atoms with E-state index in [1.54, 1.807) is 6.07 Å². The zero-order valence-electron chi connectivity index (χ0n) is 17.7. The van der Waals surface area contributed by atoms with E-state index in [-0.39, 0.29) is 0 Å². The molecule has 0 N–H and O–H groups in total. The molecule has 3 heterocycles. The molecule has 0 bridgehead atoms. The van der Waals surface area contributed by atoms with Crippen molar-refractivity contribution in [2.45, 2.75) is 13.8 Å². The van der Waals surface area contributed by atoms with Crippen molar-refractivity contribution in [1.82, 2.24) is 4.40 Å². The number of pyridine rings is 2. The summed E-state index contributed by atoms with van der Waals surface area (Å²) in [5.74, 6) is 0. The molecule has 3 aromatic heterocycles. The molecule has 6 aromatic rings. The van der Waals surface area contributed by atoms with Crippen LogP contribution >= 0.6 is 0 Å². The van der Waals surface area contributed by atoms with Crippen molar-refractivity contribution in [3.8, 4) is 0 Å². The van der Waals surface area contributed by atoms with Gasteiger partial charge in [0.05, 0.1) is 27.3 Å². The van der Waals surface area contributed by atoms with Crippen LogP contribution in [0.25, 0.3) is 49.0 Å². The summed E-state index contributed by atoms with van der Waals surface area (Å²) < 4.78 is 28.0. The van der Waals surface area contributed by atoms with Gasteiger partial charge < -0.3 is 4.40 Å². The number of benzene rings is 3. The largest absolute Gasteiger partial charge is 0.307 e. The normalized spacial score (nSPS) is 14.6. The third-order valence-corrected chi connectivity index (χ3v) is 5.76. The first-order valence-electron chi connectivity index (χ1n) is 10.4. The monoisotopic (exact) mass is 338 g/mol. The Morgan fingerprint density at radius 3 is 2.73 bits per heavy atom. The van der Waals surface area contributed by atoms with E-state index in [2.05, 4.69) is 65.5 Å². The first-order valence-corrected chi connectivity index (χ1v) is 8.86. The molecule has 0 amide bonds. The van der Waals surface area contributed by atoms with Crippen LogP contribution in [-0.4, -0.2) is 4.40 Å². The minimum Gasteiger partial charge on any atom is -0.307 e. The Kier molecular flexibility index (Phi) is 2.00. The van der Waals surface area contributed by atoms with E-state index >= 15 is 0 Å². The highest BCUT2D eigenvalue weighted by Crippen LogP contribution is 2.40. The van der Waals surface area contributed by atoms with Gasteiger partial charge in [0.15, 0.2) is 6.20 Å². The molecule has 0 spiro atoms. The molecular formula is C24H19N2+. The molecule has 0 aliphatic rings. The van der Waals surface area contributed by atoms with Crippen molar-refractivity contribution < 1.29 is 8.68 Å². The van der Waals surface area contributed by atoms with Crippen molar-refractivity contribution in [2.24, 2.45) is 7.05 Å². The van der Waals surface area contributed by atoms with Crippen LogP contribution < -0.4 is 4.57 Å². The summed E-state index contributed by atoms with van der Waals surface area (Å²) in [4.78, 5) is 0. The van der Waals surface area contributed by atoms with Crippen LogP contribution in [-0.2, 0) is 7.05 Å². The number of hydrogen-bond acceptors (Lipinski definition) is 0. The van der Waals surface area contributed by atoms with Crippen LogP contribution in [0.4, 0.5) is 0 Å². The molecule has 0 unspecified atom stereocenters. The highest BCUT2D eigenvalue weighted by molar-refractivity contribution is 6.27. The molecule has 0 saturated heterocycles. The fourth-order valence-corrected chi connectivity index (χ4v) is 4.65. The van der Waals surface area contributed by atoms with Gasteiger partial charge in [-0.15, -0.1) is 0 Å². The number of aryl methyl sites for hydroxylation is 3. The second-order valence-corrected chi connectivity index (χ2v) is 7.24. The maximum atomic E-state index is 7.85. The van der Waals surface area contributed by atoms with Crippen LogP contribution in [0.3, 0.4) is 0 Å². The molecule has 0 fully saturated rings. The number of hydrogen-bond donors (Lipinski definition) is 0. The van der Waals surface area contributed by atoms with Gasteiger partial charge >= 0.3 is 0 Å². The first-order chi connectivity index (χ1) is 13.9. The van der Waals surface area contributed by atoms with E-state index in [1.165, 1.54) is 27.2 Å². The van der Waals surface area contributed by atoms with Gasteiger partial charge in [0.1, 0.15) is 7.05 Å². The van der Waals surface area contributed by atoms with Crippen molar-refractivity contribution >= 4 is 49.0 Å². The molecular weight excluding hydrogens is 316 g/mol. The molecule has 0 saturated carbocycles. The maximum absolute atomic E-state index is 7.85. The van der Waals surface area contributed by atoms with Crippen LogP contribution in [0.15, 0.2) is 60.8 Å². The Labute approximate surface area is 155 Å². The van der Waals surface area contributed by atoms with Crippen molar-refractivity contribution in [3.05, 3.63) is 71.9 Å². The summed E-state index contributed by atoms with van der Waals surface area (Å²) in [5.41, 5.74) is 6.18. The van der Waals surface area contributed by atoms with E-state index in [0.29, 0.717) is 5.56 Å². The van der Waals surface area contributed by atoms with Crippen LogP contribution in [0, 0.1) is 13.8 Å². The van der Waals surface area contributed by atoms with Crippen LogP contribution in [0.5, 0.6) is 0 Å². The molecule has 124 valence electrons. The van der Waals surface area contributed by atoms with Gasteiger partial charge in [-0.05, 0) is 42.9 Å². The average molecular weight is 338 g/mol. The van der Waals surface area contributed by atoms with Crippen molar-refractivity contribution in [1.29, 1.82) is 0 Å². The Hall–Kier alpha value is -3.13. The summed E-state index contributed by atoms with van der Waals surface area (Å²) in [7, 11) is 2.09. The average Bonchev–Trinajstić information content (AvgIpc) is 3.02. The smallest absolute Gasteiger partial charge is 0.224 e.